The summed E-state index contributed by atoms with van der Waals surface area (Å²) < 4.78 is 17.1. The molecule has 1 aliphatic rings. The van der Waals surface area contributed by atoms with Crippen LogP contribution in [-0.2, 0) is 11.2 Å². The topological polar surface area (TPSA) is 39.7 Å². The minimum absolute atomic E-state index is 0.431. The Morgan fingerprint density at radius 3 is 2.80 bits per heavy atom. The van der Waals surface area contributed by atoms with Gasteiger partial charge in [-0.05, 0) is 30.7 Å². The van der Waals surface area contributed by atoms with Gasteiger partial charge in [0.1, 0.15) is 0 Å². The molecule has 0 aliphatic carbocycles. The second kappa shape index (κ2) is 8.12. The van der Waals surface area contributed by atoms with Gasteiger partial charge in [0.25, 0.3) is 0 Å². The van der Waals surface area contributed by atoms with Crippen molar-refractivity contribution in [3.63, 3.8) is 0 Å². The molecule has 0 fully saturated rings. The van der Waals surface area contributed by atoms with Crippen LogP contribution in [0.15, 0.2) is 18.2 Å². The van der Waals surface area contributed by atoms with E-state index in [1.54, 1.807) is 0 Å². The van der Waals surface area contributed by atoms with Gasteiger partial charge in [-0.25, -0.2) is 0 Å². The van der Waals surface area contributed by atoms with Gasteiger partial charge >= 0.3 is 0 Å². The lowest BCUT2D eigenvalue weighted by atomic mass is 10.1. The van der Waals surface area contributed by atoms with Gasteiger partial charge in [0.2, 0.25) is 0 Å². The maximum atomic E-state index is 5.78. The van der Waals surface area contributed by atoms with Gasteiger partial charge < -0.3 is 19.5 Å². The smallest absolute Gasteiger partial charge is 0.161 e. The average molecular weight is 279 g/mol. The molecule has 1 atom stereocenters. The molecule has 1 heterocycles. The molecule has 0 spiro atoms. The third kappa shape index (κ3) is 4.69. The Hall–Kier alpha value is -1.26. The minimum Gasteiger partial charge on any atom is -0.489 e. The predicted molar refractivity (Wildman–Crippen MR) is 79.7 cm³/mol. The molecule has 1 N–H and O–H groups in total. The summed E-state index contributed by atoms with van der Waals surface area (Å²) in [5, 5.41) is 3.24. The molecular formula is C16H25NO3. The monoisotopic (exact) mass is 279 g/mol. The maximum absolute atomic E-state index is 5.78. The Kier molecular flexibility index (Phi) is 6.15. The molecule has 0 amide bonds. The second-order valence-corrected chi connectivity index (χ2v) is 5.22. The van der Waals surface area contributed by atoms with E-state index >= 15 is 0 Å². The molecule has 1 aromatic rings. The van der Waals surface area contributed by atoms with Crippen molar-refractivity contribution in [2.75, 3.05) is 39.5 Å². The fourth-order valence-corrected chi connectivity index (χ4v) is 2.07. The number of hydrogen-bond donors (Lipinski definition) is 1. The third-order valence-electron chi connectivity index (χ3n) is 3.26. The molecule has 1 aromatic carbocycles. The SMILES string of the molecule is CCNCCOCCc1ccc2c(c1)OCC(C)CO2. The summed E-state index contributed by atoms with van der Waals surface area (Å²) in [6, 6.07) is 6.16. The van der Waals surface area contributed by atoms with E-state index in [-0.39, 0.29) is 0 Å². The zero-order valence-electron chi connectivity index (χ0n) is 12.5. The number of nitrogens with one attached hydrogen (secondary N) is 1. The summed E-state index contributed by atoms with van der Waals surface area (Å²) in [6.07, 6.45) is 0.901. The van der Waals surface area contributed by atoms with Gasteiger partial charge in [-0.1, -0.05) is 19.9 Å². The van der Waals surface area contributed by atoms with Gasteiger partial charge in [0.05, 0.1) is 26.4 Å². The Morgan fingerprint density at radius 2 is 2.00 bits per heavy atom. The predicted octanol–water partition coefficient (Wildman–Crippen LogP) is 2.26. The highest BCUT2D eigenvalue weighted by Gasteiger charge is 2.14. The average Bonchev–Trinajstić information content (AvgIpc) is 2.65. The van der Waals surface area contributed by atoms with Gasteiger partial charge in [0, 0.05) is 12.5 Å². The Morgan fingerprint density at radius 1 is 1.20 bits per heavy atom. The summed E-state index contributed by atoms with van der Waals surface area (Å²) in [7, 11) is 0. The third-order valence-corrected chi connectivity index (χ3v) is 3.26. The first-order valence-corrected chi connectivity index (χ1v) is 7.46. The zero-order chi connectivity index (χ0) is 14.2. The normalized spacial score (nSPS) is 17.8. The van der Waals surface area contributed by atoms with E-state index < -0.39 is 0 Å². The van der Waals surface area contributed by atoms with Crippen LogP contribution in [-0.4, -0.2) is 39.5 Å². The van der Waals surface area contributed by atoms with Crippen molar-refractivity contribution in [3.8, 4) is 11.5 Å². The number of likely N-dealkylation sites (N-methyl/N-ethyl adjacent to an activating group) is 1. The lowest BCUT2D eigenvalue weighted by molar-refractivity contribution is 0.139. The maximum Gasteiger partial charge on any atom is 0.161 e. The van der Waals surface area contributed by atoms with Crippen molar-refractivity contribution in [2.45, 2.75) is 20.3 Å². The Labute approximate surface area is 121 Å². The fourth-order valence-electron chi connectivity index (χ4n) is 2.07. The van der Waals surface area contributed by atoms with E-state index in [4.69, 9.17) is 14.2 Å². The van der Waals surface area contributed by atoms with Crippen molar-refractivity contribution in [1.29, 1.82) is 0 Å². The first-order chi connectivity index (χ1) is 9.79. The number of ether oxygens (including phenoxy) is 3. The van der Waals surface area contributed by atoms with Gasteiger partial charge in [-0.2, -0.15) is 0 Å². The van der Waals surface area contributed by atoms with Crippen LogP contribution in [0.25, 0.3) is 0 Å². The van der Waals surface area contributed by atoms with Crippen LogP contribution >= 0.6 is 0 Å². The molecule has 0 bridgehead atoms. The molecule has 2 rings (SSSR count). The lowest BCUT2D eigenvalue weighted by Gasteiger charge is -2.09. The fraction of sp³-hybridized carbons (Fsp3) is 0.625. The van der Waals surface area contributed by atoms with E-state index in [0.29, 0.717) is 5.92 Å². The standard InChI is InChI=1S/C16H25NO3/c1-3-17-7-9-18-8-6-14-4-5-15-16(10-14)20-12-13(2)11-19-15/h4-5,10,13,17H,3,6-9,11-12H2,1-2H3. The molecule has 1 aliphatic heterocycles. The van der Waals surface area contributed by atoms with E-state index in [1.165, 1.54) is 5.56 Å². The van der Waals surface area contributed by atoms with Gasteiger partial charge in [-0.3, -0.25) is 0 Å². The molecule has 0 saturated heterocycles. The molecule has 0 saturated carbocycles. The van der Waals surface area contributed by atoms with Crippen molar-refractivity contribution < 1.29 is 14.2 Å². The quantitative estimate of drug-likeness (QED) is 0.777. The Balaban J connectivity index is 1.79. The van der Waals surface area contributed by atoms with E-state index in [9.17, 15) is 0 Å². The van der Waals surface area contributed by atoms with Crippen LogP contribution in [0.5, 0.6) is 11.5 Å². The van der Waals surface area contributed by atoms with Crippen molar-refractivity contribution in [1.82, 2.24) is 5.32 Å². The highest BCUT2D eigenvalue weighted by Crippen LogP contribution is 2.31. The first-order valence-electron chi connectivity index (χ1n) is 7.46. The summed E-state index contributed by atoms with van der Waals surface area (Å²) in [6.45, 7) is 9.07. The van der Waals surface area contributed by atoms with Gasteiger partial charge in [-0.15, -0.1) is 0 Å². The number of hydrogen-bond acceptors (Lipinski definition) is 4. The molecule has 20 heavy (non-hydrogen) atoms. The van der Waals surface area contributed by atoms with Crippen LogP contribution in [0.4, 0.5) is 0 Å². The molecule has 4 nitrogen and oxygen atoms in total. The highest BCUT2D eigenvalue weighted by molar-refractivity contribution is 5.43. The summed E-state index contributed by atoms with van der Waals surface area (Å²) >= 11 is 0. The molecule has 1 unspecified atom stereocenters. The van der Waals surface area contributed by atoms with E-state index in [2.05, 4.69) is 31.3 Å². The number of benzene rings is 1. The van der Waals surface area contributed by atoms with Crippen molar-refractivity contribution in [2.24, 2.45) is 5.92 Å². The van der Waals surface area contributed by atoms with Crippen LogP contribution in [0.3, 0.4) is 0 Å². The number of fused-ring (bicyclic) bond motifs is 1. The molecule has 112 valence electrons. The zero-order valence-corrected chi connectivity index (χ0v) is 12.5. The molecule has 0 radical (unpaired) electrons. The molecular weight excluding hydrogens is 254 g/mol. The van der Waals surface area contributed by atoms with E-state index in [0.717, 1.165) is 57.4 Å². The first kappa shape index (κ1) is 15.1. The van der Waals surface area contributed by atoms with Crippen LogP contribution < -0.4 is 14.8 Å². The van der Waals surface area contributed by atoms with Crippen LogP contribution in [0, 0.1) is 5.92 Å². The molecule has 4 heteroatoms. The van der Waals surface area contributed by atoms with Crippen LogP contribution in [0.1, 0.15) is 19.4 Å². The summed E-state index contributed by atoms with van der Waals surface area (Å²) in [4.78, 5) is 0. The summed E-state index contributed by atoms with van der Waals surface area (Å²) in [5.74, 6) is 2.14. The molecule has 0 aromatic heterocycles. The lowest BCUT2D eigenvalue weighted by Crippen LogP contribution is -2.19. The largest absolute Gasteiger partial charge is 0.489 e. The highest BCUT2D eigenvalue weighted by atomic mass is 16.5. The summed E-state index contributed by atoms with van der Waals surface area (Å²) in [5.41, 5.74) is 1.23. The minimum atomic E-state index is 0.431. The Bertz CT molecular complexity index is 409. The van der Waals surface area contributed by atoms with E-state index in [1.807, 2.05) is 6.07 Å². The second-order valence-electron chi connectivity index (χ2n) is 5.22. The van der Waals surface area contributed by atoms with Gasteiger partial charge in [0.15, 0.2) is 11.5 Å². The van der Waals surface area contributed by atoms with Crippen LogP contribution in [0.2, 0.25) is 0 Å². The van der Waals surface area contributed by atoms with Crippen molar-refractivity contribution >= 4 is 0 Å². The van der Waals surface area contributed by atoms with Crippen molar-refractivity contribution in [3.05, 3.63) is 23.8 Å². The number of rotatable bonds is 7.